The molecule has 0 saturated heterocycles. The smallest absolute Gasteiger partial charge is 0.416 e. The van der Waals surface area contributed by atoms with Crippen LogP contribution >= 0.6 is 0 Å². The Labute approximate surface area is 124 Å². The van der Waals surface area contributed by atoms with E-state index in [0.717, 1.165) is 6.07 Å². The Hall–Kier alpha value is -2.57. The molecule has 0 unspecified atom stereocenters. The molecule has 0 amide bonds. The first kappa shape index (κ1) is 14.4. The fourth-order valence-corrected chi connectivity index (χ4v) is 2.23. The molecule has 3 aromatic rings. The molecule has 0 N–H and O–H groups in total. The highest BCUT2D eigenvalue weighted by molar-refractivity contribution is 5.44. The van der Waals surface area contributed by atoms with Gasteiger partial charge in [-0.2, -0.15) is 18.3 Å². The van der Waals surface area contributed by atoms with Gasteiger partial charge in [-0.15, -0.1) is 0 Å². The summed E-state index contributed by atoms with van der Waals surface area (Å²) in [4.78, 5) is 4.24. The normalized spacial score (nSPS) is 11.8. The SMILES string of the molecule is COc1ccn2nc(Cc3ccccc3C(F)(F)F)nc2c1. The number of hydrogen-bond donors (Lipinski definition) is 0. The van der Waals surface area contributed by atoms with Crippen LogP contribution in [-0.2, 0) is 12.6 Å². The van der Waals surface area contributed by atoms with E-state index in [9.17, 15) is 13.2 Å². The molecule has 0 aliphatic rings. The van der Waals surface area contributed by atoms with E-state index in [2.05, 4.69) is 10.1 Å². The van der Waals surface area contributed by atoms with E-state index in [1.54, 1.807) is 24.4 Å². The molecule has 0 aliphatic carbocycles. The number of benzene rings is 1. The Bertz CT molecular complexity index is 811. The Morgan fingerprint density at radius 2 is 1.95 bits per heavy atom. The van der Waals surface area contributed by atoms with Crippen LogP contribution in [-0.4, -0.2) is 21.7 Å². The second-order valence-corrected chi connectivity index (χ2v) is 4.73. The summed E-state index contributed by atoms with van der Waals surface area (Å²) >= 11 is 0. The van der Waals surface area contributed by atoms with Crippen LogP contribution < -0.4 is 4.74 Å². The summed E-state index contributed by atoms with van der Waals surface area (Å²) in [5.74, 6) is 0.937. The van der Waals surface area contributed by atoms with Crippen LogP contribution in [0.2, 0.25) is 0 Å². The maximum atomic E-state index is 13.0. The minimum Gasteiger partial charge on any atom is -0.497 e. The molecule has 3 rings (SSSR count). The van der Waals surface area contributed by atoms with Gasteiger partial charge in [0.2, 0.25) is 0 Å². The monoisotopic (exact) mass is 307 g/mol. The largest absolute Gasteiger partial charge is 0.497 e. The lowest BCUT2D eigenvalue weighted by Crippen LogP contribution is -2.09. The fourth-order valence-electron chi connectivity index (χ4n) is 2.23. The Balaban J connectivity index is 1.97. The van der Waals surface area contributed by atoms with Crippen molar-refractivity contribution in [3.05, 3.63) is 59.5 Å². The van der Waals surface area contributed by atoms with E-state index in [1.807, 2.05) is 0 Å². The van der Waals surface area contributed by atoms with Crippen molar-refractivity contribution in [2.24, 2.45) is 0 Å². The lowest BCUT2D eigenvalue weighted by atomic mass is 10.0. The second-order valence-electron chi connectivity index (χ2n) is 4.73. The molecule has 0 spiro atoms. The third-order valence-corrected chi connectivity index (χ3v) is 3.26. The molecule has 0 fully saturated rings. The first-order valence-corrected chi connectivity index (χ1v) is 6.52. The summed E-state index contributed by atoms with van der Waals surface area (Å²) in [6, 6.07) is 8.82. The number of nitrogens with zero attached hydrogens (tertiary/aromatic N) is 3. The van der Waals surface area contributed by atoms with Crippen molar-refractivity contribution in [1.82, 2.24) is 14.6 Å². The van der Waals surface area contributed by atoms with Crippen molar-refractivity contribution in [1.29, 1.82) is 0 Å². The van der Waals surface area contributed by atoms with Gasteiger partial charge in [0, 0.05) is 18.7 Å². The molecule has 0 saturated carbocycles. The van der Waals surface area contributed by atoms with Crippen molar-refractivity contribution in [2.75, 3.05) is 7.11 Å². The van der Waals surface area contributed by atoms with Gasteiger partial charge in [-0.05, 0) is 17.7 Å². The van der Waals surface area contributed by atoms with Gasteiger partial charge in [-0.1, -0.05) is 18.2 Å². The zero-order chi connectivity index (χ0) is 15.7. The number of fused-ring (bicyclic) bond motifs is 1. The summed E-state index contributed by atoms with van der Waals surface area (Å²) in [5, 5.41) is 4.19. The number of methoxy groups -OCH3 is 1. The topological polar surface area (TPSA) is 39.4 Å². The third-order valence-electron chi connectivity index (χ3n) is 3.26. The first-order chi connectivity index (χ1) is 10.5. The lowest BCUT2D eigenvalue weighted by Gasteiger charge is -2.11. The fraction of sp³-hybridized carbons (Fsp3) is 0.200. The quantitative estimate of drug-likeness (QED) is 0.745. The van der Waals surface area contributed by atoms with Crippen LogP contribution in [0.4, 0.5) is 13.2 Å². The van der Waals surface area contributed by atoms with Gasteiger partial charge in [0.1, 0.15) is 5.75 Å². The number of aromatic nitrogens is 3. The average molecular weight is 307 g/mol. The predicted octanol–water partition coefficient (Wildman–Crippen LogP) is 3.35. The molecule has 0 radical (unpaired) electrons. The van der Waals surface area contributed by atoms with Crippen LogP contribution in [0, 0.1) is 0 Å². The van der Waals surface area contributed by atoms with Crippen LogP contribution in [0.1, 0.15) is 17.0 Å². The van der Waals surface area contributed by atoms with Crippen molar-refractivity contribution < 1.29 is 17.9 Å². The average Bonchev–Trinajstić information content (AvgIpc) is 2.87. The van der Waals surface area contributed by atoms with Gasteiger partial charge in [-0.25, -0.2) is 9.50 Å². The molecular weight excluding hydrogens is 295 g/mol. The van der Waals surface area contributed by atoms with Crippen LogP contribution in [0.3, 0.4) is 0 Å². The molecular formula is C15H12F3N3O. The standard InChI is InChI=1S/C15H12F3N3O/c1-22-11-6-7-21-14(9-11)19-13(20-21)8-10-4-2-3-5-12(10)15(16,17)18/h2-7,9H,8H2,1H3. The summed E-state index contributed by atoms with van der Waals surface area (Å²) in [6.45, 7) is 0. The molecule has 1 aromatic carbocycles. The number of halogens is 3. The molecule has 2 heterocycles. The number of hydrogen-bond acceptors (Lipinski definition) is 3. The highest BCUT2D eigenvalue weighted by Gasteiger charge is 2.33. The minimum absolute atomic E-state index is 0.0136. The van der Waals surface area contributed by atoms with Crippen LogP contribution in [0.15, 0.2) is 42.6 Å². The van der Waals surface area contributed by atoms with E-state index >= 15 is 0 Å². The molecule has 7 heteroatoms. The third kappa shape index (κ3) is 2.74. The Morgan fingerprint density at radius 3 is 2.68 bits per heavy atom. The van der Waals surface area contributed by atoms with Crippen molar-refractivity contribution in [3.63, 3.8) is 0 Å². The highest BCUT2D eigenvalue weighted by atomic mass is 19.4. The molecule has 2 aromatic heterocycles. The van der Waals surface area contributed by atoms with E-state index < -0.39 is 11.7 Å². The highest BCUT2D eigenvalue weighted by Crippen LogP contribution is 2.32. The zero-order valence-electron chi connectivity index (χ0n) is 11.6. The molecule has 4 nitrogen and oxygen atoms in total. The number of ether oxygens (including phenoxy) is 1. The van der Waals surface area contributed by atoms with E-state index in [-0.39, 0.29) is 12.0 Å². The minimum atomic E-state index is -4.39. The van der Waals surface area contributed by atoms with E-state index in [0.29, 0.717) is 17.2 Å². The van der Waals surface area contributed by atoms with Crippen molar-refractivity contribution >= 4 is 5.65 Å². The molecule has 0 atom stereocenters. The summed E-state index contributed by atoms with van der Waals surface area (Å²) in [6.07, 6.45) is -2.72. The van der Waals surface area contributed by atoms with Gasteiger partial charge in [0.05, 0.1) is 12.7 Å². The number of pyridine rings is 1. The zero-order valence-corrected chi connectivity index (χ0v) is 11.6. The van der Waals surface area contributed by atoms with Gasteiger partial charge in [-0.3, -0.25) is 0 Å². The van der Waals surface area contributed by atoms with Crippen LogP contribution in [0.25, 0.3) is 5.65 Å². The molecule has 0 aliphatic heterocycles. The van der Waals surface area contributed by atoms with Gasteiger partial charge in [0.25, 0.3) is 0 Å². The summed E-state index contributed by atoms with van der Waals surface area (Å²) < 4.78 is 45.6. The predicted molar refractivity (Wildman–Crippen MR) is 73.8 cm³/mol. The number of alkyl halides is 3. The molecule has 0 bridgehead atoms. The Kier molecular flexibility index (Phi) is 3.48. The summed E-state index contributed by atoms with van der Waals surface area (Å²) in [7, 11) is 1.53. The maximum absolute atomic E-state index is 13.0. The first-order valence-electron chi connectivity index (χ1n) is 6.52. The van der Waals surface area contributed by atoms with E-state index in [4.69, 9.17) is 4.74 Å². The van der Waals surface area contributed by atoms with E-state index in [1.165, 1.54) is 23.8 Å². The van der Waals surface area contributed by atoms with Crippen molar-refractivity contribution in [2.45, 2.75) is 12.6 Å². The lowest BCUT2D eigenvalue weighted by molar-refractivity contribution is -0.138. The Morgan fingerprint density at radius 1 is 1.18 bits per heavy atom. The van der Waals surface area contributed by atoms with Crippen molar-refractivity contribution in [3.8, 4) is 5.75 Å². The second kappa shape index (κ2) is 5.32. The molecule has 114 valence electrons. The van der Waals surface area contributed by atoms with Gasteiger partial charge < -0.3 is 4.74 Å². The van der Waals surface area contributed by atoms with Gasteiger partial charge in [0.15, 0.2) is 11.5 Å². The van der Waals surface area contributed by atoms with Crippen LogP contribution in [0.5, 0.6) is 5.75 Å². The maximum Gasteiger partial charge on any atom is 0.416 e. The number of rotatable bonds is 3. The summed E-state index contributed by atoms with van der Waals surface area (Å²) in [5.41, 5.74) is 0.0168. The van der Waals surface area contributed by atoms with Gasteiger partial charge >= 0.3 is 6.18 Å². The molecule has 22 heavy (non-hydrogen) atoms.